The highest BCUT2D eigenvalue weighted by Crippen LogP contribution is 2.41. The van der Waals surface area contributed by atoms with Crippen LogP contribution in [0.5, 0.6) is 0 Å². The zero-order valence-corrected chi connectivity index (χ0v) is 24.0. The summed E-state index contributed by atoms with van der Waals surface area (Å²) >= 11 is 1.55. The molecule has 2 amide bonds. The van der Waals surface area contributed by atoms with Gasteiger partial charge in [-0.2, -0.15) is 0 Å². The summed E-state index contributed by atoms with van der Waals surface area (Å²) in [5, 5.41) is 6.74. The van der Waals surface area contributed by atoms with E-state index in [2.05, 4.69) is 25.5 Å². The zero-order valence-electron chi connectivity index (χ0n) is 22.4. The lowest BCUT2D eigenvalue weighted by Crippen LogP contribution is -2.64. The van der Waals surface area contributed by atoms with Crippen LogP contribution in [0.3, 0.4) is 0 Å². The Kier molecular flexibility index (Phi) is 5.48. The Labute approximate surface area is 234 Å². The second kappa shape index (κ2) is 8.57. The van der Waals surface area contributed by atoms with Crippen molar-refractivity contribution in [1.82, 2.24) is 29.7 Å². The molecule has 2 N–H and O–H groups in total. The first-order valence-corrected chi connectivity index (χ1v) is 15.9. The maximum Gasteiger partial charge on any atom is 0.276 e. The molecule has 3 aliphatic heterocycles. The number of aromatic nitrogens is 3. The van der Waals surface area contributed by atoms with Gasteiger partial charge >= 0.3 is 0 Å². The fourth-order valence-corrected chi connectivity index (χ4v) is 9.54. The van der Waals surface area contributed by atoms with Crippen molar-refractivity contribution >= 4 is 54.7 Å². The average Bonchev–Trinajstić information content (AvgIpc) is 3.35. The molecule has 2 saturated heterocycles. The fraction of sp³-hybridized carbons (Fsp3) is 0.500. The van der Waals surface area contributed by atoms with Gasteiger partial charge in [-0.25, -0.2) is 18.4 Å². The lowest BCUT2D eigenvalue weighted by Gasteiger charge is -2.44. The highest BCUT2D eigenvalue weighted by molar-refractivity contribution is 7.92. The summed E-state index contributed by atoms with van der Waals surface area (Å²) in [5.74, 6) is -0.450. The summed E-state index contributed by atoms with van der Waals surface area (Å²) in [6, 6.07) is 2.02. The number of aryl methyl sites for hydroxylation is 2. The van der Waals surface area contributed by atoms with E-state index < -0.39 is 27.0 Å². The third-order valence-corrected chi connectivity index (χ3v) is 11.6. The second-order valence-corrected chi connectivity index (χ2v) is 14.7. The topological polar surface area (TPSA) is 147 Å². The summed E-state index contributed by atoms with van der Waals surface area (Å²) in [7, 11) is 0.735. The van der Waals surface area contributed by atoms with Crippen LogP contribution in [0.2, 0.25) is 0 Å². The van der Waals surface area contributed by atoms with E-state index in [4.69, 9.17) is 0 Å². The van der Waals surface area contributed by atoms with E-state index >= 15 is 0 Å². The highest BCUT2D eigenvalue weighted by Gasteiger charge is 2.57. The summed E-state index contributed by atoms with van der Waals surface area (Å²) in [6.07, 6.45) is 3.55. The van der Waals surface area contributed by atoms with Crippen LogP contribution in [0.25, 0.3) is 10.2 Å². The molecule has 0 bridgehead atoms. The van der Waals surface area contributed by atoms with E-state index in [9.17, 15) is 22.8 Å². The van der Waals surface area contributed by atoms with Gasteiger partial charge in [-0.1, -0.05) is 0 Å². The molecule has 4 aliphatic rings. The Hall–Kier alpha value is -3.36. The maximum absolute atomic E-state index is 13.7. The number of likely N-dealkylation sites (tertiary alicyclic amines) is 1. The smallest absolute Gasteiger partial charge is 0.276 e. The number of fused-ring (bicyclic) bond motifs is 5. The van der Waals surface area contributed by atoms with Gasteiger partial charge in [-0.15, -0.1) is 11.3 Å². The summed E-state index contributed by atoms with van der Waals surface area (Å²) in [6.45, 7) is 3.26. The van der Waals surface area contributed by atoms with Crippen molar-refractivity contribution in [3.8, 4) is 0 Å². The molecule has 3 aromatic rings. The minimum atomic E-state index is -3.34. The van der Waals surface area contributed by atoms with Gasteiger partial charge in [0, 0.05) is 29.9 Å². The van der Waals surface area contributed by atoms with Gasteiger partial charge in [0.2, 0.25) is 5.91 Å². The molecule has 40 heavy (non-hydrogen) atoms. The first-order chi connectivity index (χ1) is 19.0. The molecule has 1 atom stereocenters. The van der Waals surface area contributed by atoms with Crippen molar-refractivity contribution in [2.45, 2.75) is 37.9 Å². The molecule has 2 fully saturated rings. The Morgan fingerprint density at radius 2 is 1.98 bits per heavy atom. The second-order valence-electron chi connectivity index (χ2n) is 11.6. The molecule has 0 radical (unpaired) electrons. The van der Waals surface area contributed by atoms with E-state index in [1.807, 2.05) is 19.0 Å². The van der Waals surface area contributed by atoms with Gasteiger partial charge in [-0.05, 0) is 57.5 Å². The predicted octanol–water partition coefficient (Wildman–Crippen LogP) is 0.607. The summed E-state index contributed by atoms with van der Waals surface area (Å²) < 4.78 is 25.4. The van der Waals surface area contributed by atoms with Gasteiger partial charge < -0.3 is 20.4 Å². The van der Waals surface area contributed by atoms with Crippen LogP contribution in [0.15, 0.2) is 17.2 Å². The highest BCUT2D eigenvalue weighted by atomic mass is 32.2. The van der Waals surface area contributed by atoms with Crippen LogP contribution in [0, 0.1) is 12.8 Å². The molecule has 0 saturated carbocycles. The van der Waals surface area contributed by atoms with Gasteiger partial charge in [0.25, 0.3) is 11.5 Å². The number of sulfone groups is 1. The van der Waals surface area contributed by atoms with E-state index in [0.717, 1.165) is 40.2 Å². The number of nitrogens with zero attached hydrogens (tertiary/aromatic N) is 5. The van der Waals surface area contributed by atoms with Crippen LogP contribution in [-0.4, -0.2) is 89.3 Å². The molecule has 6 heterocycles. The zero-order chi connectivity index (χ0) is 28.1. The molecule has 210 valence electrons. The molecular weight excluding hydrogens is 554 g/mol. The van der Waals surface area contributed by atoms with Crippen molar-refractivity contribution < 1.29 is 18.0 Å². The summed E-state index contributed by atoms with van der Waals surface area (Å²) in [5.41, 5.74) is 0.304. The van der Waals surface area contributed by atoms with E-state index in [1.165, 1.54) is 10.9 Å². The van der Waals surface area contributed by atoms with E-state index in [1.54, 1.807) is 24.3 Å². The van der Waals surface area contributed by atoms with Gasteiger partial charge in [0.05, 0.1) is 16.9 Å². The molecular formula is C26H29N7O5S2. The van der Waals surface area contributed by atoms with Crippen LogP contribution >= 0.6 is 11.3 Å². The standard InChI is InChI=1S/C26H29N7O5S2/c1-13-6-17(25(36)33-20(13)22(34)30-26(33)10-40(37,38)11-26)29-21-19-16-5-4-14(7-18(16)39-23(19)28-12-27-21)24(35)32-8-15(9-32)31(2)3/h6,12,14-15H,4-5,7-11H2,1-3H3,(H,30,34)(H,27,28,29)/t14-/m0/s1. The molecule has 12 nitrogen and oxygen atoms in total. The molecule has 0 unspecified atom stereocenters. The van der Waals surface area contributed by atoms with E-state index in [-0.39, 0.29) is 34.7 Å². The fourth-order valence-electron chi connectivity index (χ4n) is 6.50. The van der Waals surface area contributed by atoms with Gasteiger partial charge in [-0.3, -0.25) is 19.0 Å². The van der Waals surface area contributed by atoms with Gasteiger partial charge in [0.15, 0.2) is 9.84 Å². The lowest BCUT2D eigenvalue weighted by molar-refractivity contribution is -0.142. The van der Waals surface area contributed by atoms with Gasteiger partial charge in [0.1, 0.15) is 34.0 Å². The third kappa shape index (κ3) is 3.72. The van der Waals surface area contributed by atoms with Crippen molar-refractivity contribution in [3.63, 3.8) is 0 Å². The van der Waals surface area contributed by atoms with Crippen molar-refractivity contribution in [1.29, 1.82) is 0 Å². The number of nitrogens with one attached hydrogen (secondary N) is 2. The van der Waals surface area contributed by atoms with Crippen molar-refractivity contribution in [3.05, 3.63) is 44.4 Å². The van der Waals surface area contributed by atoms with Crippen LogP contribution < -0.4 is 16.2 Å². The minimum absolute atomic E-state index is 0.0583. The minimum Gasteiger partial charge on any atom is -0.339 e. The maximum atomic E-state index is 13.7. The Morgan fingerprint density at radius 3 is 2.67 bits per heavy atom. The van der Waals surface area contributed by atoms with Crippen molar-refractivity contribution in [2.24, 2.45) is 5.92 Å². The summed E-state index contributed by atoms with van der Waals surface area (Å²) in [4.78, 5) is 54.4. The monoisotopic (exact) mass is 583 g/mol. The number of amides is 2. The van der Waals surface area contributed by atoms with E-state index in [0.29, 0.717) is 30.3 Å². The first kappa shape index (κ1) is 25.6. The number of likely N-dealkylation sites (N-methyl/N-ethyl adjacent to an activating group) is 1. The predicted molar refractivity (Wildman–Crippen MR) is 150 cm³/mol. The number of carbonyl (C=O) groups is 2. The largest absolute Gasteiger partial charge is 0.339 e. The molecule has 1 spiro atoms. The quantitative estimate of drug-likeness (QED) is 0.451. The number of hydrogen-bond donors (Lipinski definition) is 2. The molecule has 7 rings (SSSR count). The molecule has 3 aromatic heterocycles. The lowest BCUT2D eigenvalue weighted by atomic mass is 9.86. The Morgan fingerprint density at radius 1 is 1.23 bits per heavy atom. The van der Waals surface area contributed by atoms with Crippen LogP contribution in [0.1, 0.15) is 32.9 Å². The first-order valence-electron chi connectivity index (χ1n) is 13.2. The van der Waals surface area contributed by atoms with Crippen molar-refractivity contribution in [2.75, 3.05) is 44.0 Å². The Balaban J connectivity index is 1.20. The van der Waals surface area contributed by atoms with Crippen LogP contribution in [0.4, 0.5) is 11.5 Å². The molecule has 0 aromatic carbocycles. The normalized spacial score (nSPS) is 22.6. The number of anilines is 2. The van der Waals surface area contributed by atoms with Crippen LogP contribution in [-0.2, 0) is 33.1 Å². The number of rotatable bonds is 4. The number of carbonyl (C=O) groups excluding carboxylic acids is 2. The SMILES string of the molecule is Cc1cc(Nc2ncnc3sc4c(c23)CC[C@H](C(=O)N2CC(N(C)C)C2)C4)c(=O)n2c1C(=O)NC21CS(=O)(=O)C1. The number of thiophene rings is 1. The third-order valence-electron chi connectivity index (χ3n) is 8.65. The number of pyridine rings is 1. The molecule has 1 aliphatic carbocycles. The number of hydrogen-bond acceptors (Lipinski definition) is 10. The average molecular weight is 584 g/mol. The molecule has 14 heteroatoms. The Bertz CT molecular complexity index is 1780.